The first-order valence-corrected chi connectivity index (χ1v) is 5.30. The summed E-state index contributed by atoms with van der Waals surface area (Å²) in [5.41, 5.74) is 0.728. The van der Waals surface area contributed by atoms with Crippen LogP contribution < -0.4 is 10.1 Å². The van der Waals surface area contributed by atoms with Crippen molar-refractivity contribution in [3.63, 3.8) is 0 Å². The molecule has 0 fully saturated rings. The van der Waals surface area contributed by atoms with Crippen LogP contribution in [0.1, 0.15) is 12.0 Å². The van der Waals surface area contributed by atoms with Gasteiger partial charge < -0.3 is 15.2 Å². The number of hydrogen-bond acceptors (Lipinski definition) is 3. The summed E-state index contributed by atoms with van der Waals surface area (Å²) < 4.78 is 4.98. The molecule has 1 amide bonds. The van der Waals surface area contributed by atoms with Gasteiger partial charge in [0.25, 0.3) is 0 Å². The monoisotopic (exact) mass is 257 g/mol. The van der Waals surface area contributed by atoms with Crippen molar-refractivity contribution in [3.05, 3.63) is 28.8 Å². The molecule has 1 aromatic carbocycles. The molecule has 5 nitrogen and oxygen atoms in total. The van der Waals surface area contributed by atoms with Crippen molar-refractivity contribution < 1.29 is 19.4 Å². The van der Waals surface area contributed by atoms with Crippen molar-refractivity contribution in [2.24, 2.45) is 0 Å². The van der Waals surface area contributed by atoms with Crippen molar-refractivity contribution >= 4 is 23.7 Å². The van der Waals surface area contributed by atoms with Crippen LogP contribution in [0.4, 0.5) is 4.79 Å². The Hall–Kier alpha value is -1.75. The molecule has 0 unspecified atom stereocenters. The third-order valence-electron chi connectivity index (χ3n) is 1.95. The number of rotatable bonds is 4. The number of benzene rings is 1. The molecular weight excluding hydrogens is 246 g/mol. The first-order chi connectivity index (χ1) is 7.99. The summed E-state index contributed by atoms with van der Waals surface area (Å²) in [7, 11) is 0. The smallest absolute Gasteiger partial charge is 0.412 e. The van der Waals surface area contributed by atoms with Crippen LogP contribution in [0.5, 0.6) is 5.75 Å². The number of halogens is 1. The summed E-state index contributed by atoms with van der Waals surface area (Å²) in [5.74, 6) is -0.588. The highest BCUT2D eigenvalue weighted by Crippen LogP contribution is 2.21. The van der Waals surface area contributed by atoms with Crippen molar-refractivity contribution in [2.75, 3.05) is 6.54 Å². The molecule has 0 saturated heterocycles. The summed E-state index contributed by atoms with van der Waals surface area (Å²) >= 11 is 5.75. The molecule has 0 aliphatic rings. The molecule has 92 valence electrons. The second-order valence-electron chi connectivity index (χ2n) is 3.37. The van der Waals surface area contributed by atoms with E-state index in [0.29, 0.717) is 10.8 Å². The molecule has 0 aromatic heterocycles. The zero-order valence-corrected chi connectivity index (χ0v) is 9.95. The van der Waals surface area contributed by atoms with Gasteiger partial charge in [0.05, 0.1) is 6.42 Å². The number of nitrogens with one attached hydrogen (secondary N) is 1. The lowest BCUT2D eigenvalue weighted by Crippen LogP contribution is -2.29. The van der Waals surface area contributed by atoms with Crippen LogP contribution in [-0.2, 0) is 4.79 Å². The number of aliphatic carboxylic acids is 1. The zero-order chi connectivity index (χ0) is 12.8. The largest absolute Gasteiger partial charge is 0.481 e. The number of ether oxygens (including phenoxy) is 1. The van der Waals surface area contributed by atoms with E-state index in [1.165, 1.54) is 0 Å². The number of carboxylic acids is 1. The molecular formula is C11H12ClNO4. The van der Waals surface area contributed by atoms with Crippen LogP contribution in [0, 0.1) is 6.92 Å². The van der Waals surface area contributed by atoms with Gasteiger partial charge in [-0.05, 0) is 30.7 Å². The predicted molar refractivity (Wildman–Crippen MR) is 62.5 cm³/mol. The van der Waals surface area contributed by atoms with Crippen molar-refractivity contribution in [3.8, 4) is 5.75 Å². The van der Waals surface area contributed by atoms with Gasteiger partial charge in [0.1, 0.15) is 5.75 Å². The number of carboxylic acid groups (broad SMARTS) is 1. The molecule has 6 heteroatoms. The highest BCUT2D eigenvalue weighted by atomic mass is 35.5. The maximum absolute atomic E-state index is 11.3. The summed E-state index contributed by atoms with van der Waals surface area (Å²) in [5, 5.41) is 11.3. The number of carbonyl (C=O) groups is 2. The normalized spacial score (nSPS) is 9.76. The van der Waals surface area contributed by atoms with Crippen LogP contribution >= 0.6 is 11.6 Å². The zero-order valence-electron chi connectivity index (χ0n) is 9.20. The molecule has 0 atom stereocenters. The van der Waals surface area contributed by atoms with Gasteiger partial charge in [-0.2, -0.15) is 0 Å². The molecule has 0 aliphatic heterocycles. The van der Waals surface area contributed by atoms with E-state index >= 15 is 0 Å². The summed E-state index contributed by atoms with van der Waals surface area (Å²) in [6, 6.07) is 4.85. The molecule has 0 heterocycles. The van der Waals surface area contributed by atoms with Crippen molar-refractivity contribution in [1.82, 2.24) is 5.32 Å². The lowest BCUT2D eigenvalue weighted by atomic mass is 10.2. The summed E-state index contributed by atoms with van der Waals surface area (Å²) in [6.45, 7) is 1.78. The van der Waals surface area contributed by atoms with E-state index in [2.05, 4.69) is 5.32 Å². The second-order valence-corrected chi connectivity index (χ2v) is 3.81. The van der Waals surface area contributed by atoms with Gasteiger partial charge >= 0.3 is 12.1 Å². The quantitative estimate of drug-likeness (QED) is 0.867. The van der Waals surface area contributed by atoms with E-state index in [0.717, 1.165) is 5.56 Å². The first-order valence-electron chi connectivity index (χ1n) is 4.92. The SMILES string of the molecule is Cc1cc(Cl)ccc1OC(=O)NCCC(=O)O. The average Bonchev–Trinajstić information content (AvgIpc) is 2.21. The highest BCUT2D eigenvalue weighted by molar-refractivity contribution is 6.30. The van der Waals surface area contributed by atoms with Gasteiger partial charge in [-0.15, -0.1) is 0 Å². The predicted octanol–water partition coefficient (Wildman–Crippen LogP) is 2.21. The highest BCUT2D eigenvalue weighted by Gasteiger charge is 2.07. The van der Waals surface area contributed by atoms with Crippen LogP contribution in [-0.4, -0.2) is 23.7 Å². The maximum Gasteiger partial charge on any atom is 0.412 e. The van der Waals surface area contributed by atoms with Gasteiger partial charge in [-0.1, -0.05) is 11.6 Å². The third kappa shape index (κ3) is 4.74. The van der Waals surface area contributed by atoms with Crippen LogP contribution in [0.3, 0.4) is 0 Å². The van der Waals surface area contributed by atoms with Gasteiger partial charge in [-0.3, -0.25) is 4.79 Å². The molecule has 0 spiro atoms. The van der Waals surface area contributed by atoms with Gasteiger partial charge in [0.2, 0.25) is 0 Å². The van der Waals surface area contributed by atoms with E-state index in [4.69, 9.17) is 21.4 Å². The molecule has 0 aliphatic carbocycles. The van der Waals surface area contributed by atoms with Gasteiger partial charge in [0.15, 0.2) is 0 Å². The Morgan fingerprint density at radius 2 is 2.18 bits per heavy atom. The lowest BCUT2D eigenvalue weighted by molar-refractivity contribution is -0.136. The molecule has 1 rings (SSSR count). The van der Waals surface area contributed by atoms with Crippen LogP contribution in [0.25, 0.3) is 0 Å². The number of aryl methyl sites for hydroxylation is 1. The Labute approximate surface area is 103 Å². The minimum absolute atomic E-state index is 0.0286. The van der Waals surface area contributed by atoms with E-state index in [1.54, 1.807) is 25.1 Å². The second kappa shape index (κ2) is 6.10. The number of hydrogen-bond donors (Lipinski definition) is 2. The Kier molecular flexibility index (Phi) is 4.78. The molecule has 0 radical (unpaired) electrons. The fourth-order valence-electron chi connectivity index (χ4n) is 1.13. The average molecular weight is 258 g/mol. The lowest BCUT2D eigenvalue weighted by Gasteiger charge is -2.08. The van der Waals surface area contributed by atoms with E-state index in [9.17, 15) is 9.59 Å². The van der Waals surface area contributed by atoms with Gasteiger partial charge in [-0.25, -0.2) is 4.79 Å². The molecule has 17 heavy (non-hydrogen) atoms. The first kappa shape index (κ1) is 13.3. The minimum Gasteiger partial charge on any atom is -0.481 e. The topological polar surface area (TPSA) is 75.6 Å². The van der Waals surface area contributed by atoms with E-state index in [-0.39, 0.29) is 13.0 Å². The fraction of sp³-hybridized carbons (Fsp3) is 0.273. The van der Waals surface area contributed by atoms with Gasteiger partial charge in [0, 0.05) is 11.6 Å². The van der Waals surface area contributed by atoms with E-state index < -0.39 is 12.1 Å². The van der Waals surface area contributed by atoms with Crippen molar-refractivity contribution in [2.45, 2.75) is 13.3 Å². The minimum atomic E-state index is -0.979. The molecule has 0 bridgehead atoms. The Morgan fingerprint density at radius 1 is 1.47 bits per heavy atom. The number of carbonyl (C=O) groups excluding carboxylic acids is 1. The Balaban J connectivity index is 2.48. The maximum atomic E-state index is 11.3. The molecule has 1 aromatic rings. The standard InChI is InChI=1S/C11H12ClNO4/c1-7-6-8(12)2-3-9(7)17-11(16)13-5-4-10(14)15/h2-3,6H,4-5H2,1H3,(H,13,16)(H,14,15). The van der Waals surface area contributed by atoms with Crippen LogP contribution in [0.2, 0.25) is 5.02 Å². The van der Waals surface area contributed by atoms with E-state index in [1.807, 2.05) is 0 Å². The van der Waals surface area contributed by atoms with Crippen molar-refractivity contribution in [1.29, 1.82) is 0 Å². The van der Waals surface area contributed by atoms with Crippen LogP contribution in [0.15, 0.2) is 18.2 Å². The summed E-state index contributed by atoms with van der Waals surface area (Å²) in [4.78, 5) is 21.5. The Morgan fingerprint density at radius 3 is 2.76 bits per heavy atom. The Bertz CT molecular complexity index is 433. The third-order valence-corrected chi connectivity index (χ3v) is 2.18. The fourth-order valence-corrected chi connectivity index (χ4v) is 1.36. The number of amides is 1. The molecule has 0 saturated carbocycles. The molecule has 2 N–H and O–H groups in total. The summed E-state index contributed by atoms with van der Waals surface area (Å²) in [6.07, 6.45) is -0.828.